The van der Waals surface area contributed by atoms with E-state index >= 15 is 0 Å². The average molecular weight is 459 g/mol. The number of nitrogens with zero attached hydrogens (tertiary/aromatic N) is 2. The molecule has 0 aliphatic heterocycles. The maximum absolute atomic E-state index is 13.6. The Balaban J connectivity index is 1.87. The van der Waals surface area contributed by atoms with Crippen LogP contribution in [0.1, 0.15) is 38.8 Å². The minimum Gasteiger partial charge on any atom is -0.491 e. The fourth-order valence-corrected chi connectivity index (χ4v) is 3.15. The molecule has 0 amide bonds. The molecule has 0 fully saturated rings. The van der Waals surface area contributed by atoms with Crippen molar-refractivity contribution in [3.8, 4) is 5.75 Å². The van der Waals surface area contributed by atoms with Gasteiger partial charge < -0.3 is 15.4 Å². The van der Waals surface area contributed by atoms with Crippen molar-refractivity contribution in [2.75, 3.05) is 17.2 Å². The number of alkyl halides is 3. The van der Waals surface area contributed by atoms with Gasteiger partial charge in [-0.25, -0.2) is 4.98 Å². The van der Waals surface area contributed by atoms with Crippen molar-refractivity contribution in [1.29, 1.82) is 0 Å². The molecule has 0 spiro atoms. The van der Waals surface area contributed by atoms with Gasteiger partial charge in [-0.1, -0.05) is 52.0 Å². The van der Waals surface area contributed by atoms with Crippen LogP contribution in [0.4, 0.5) is 36.3 Å². The molecular weight excluding hydrogens is 429 g/mol. The number of para-hydroxylation sites is 2. The lowest BCUT2D eigenvalue weighted by molar-refractivity contribution is -0.137. The molecule has 3 aromatic rings. The monoisotopic (exact) mass is 458 g/mol. The van der Waals surface area contributed by atoms with Crippen molar-refractivity contribution in [2.24, 2.45) is 11.8 Å². The second-order valence-corrected chi connectivity index (χ2v) is 8.70. The third-order valence-corrected chi connectivity index (χ3v) is 4.66. The van der Waals surface area contributed by atoms with Crippen LogP contribution >= 0.6 is 0 Å². The van der Waals surface area contributed by atoms with E-state index in [0.717, 1.165) is 12.6 Å². The summed E-state index contributed by atoms with van der Waals surface area (Å²) in [4.78, 5) is 8.01. The molecule has 0 saturated carbocycles. The average Bonchev–Trinajstić information content (AvgIpc) is 2.73. The van der Waals surface area contributed by atoms with Gasteiger partial charge in [0, 0.05) is 11.9 Å². The van der Waals surface area contributed by atoms with Crippen LogP contribution in [-0.2, 0) is 12.6 Å². The summed E-state index contributed by atoms with van der Waals surface area (Å²) >= 11 is 0. The lowest BCUT2D eigenvalue weighted by Crippen LogP contribution is -2.13. The molecule has 3 rings (SSSR count). The molecule has 0 aliphatic carbocycles. The summed E-state index contributed by atoms with van der Waals surface area (Å²) in [7, 11) is 0. The van der Waals surface area contributed by atoms with Crippen LogP contribution in [0, 0.1) is 11.8 Å². The molecule has 0 radical (unpaired) electrons. The van der Waals surface area contributed by atoms with Crippen LogP contribution in [0.5, 0.6) is 5.75 Å². The highest BCUT2D eigenvalue weighted by Gasteiger charge is 2.35. The number of aromatic nitrogens is 2. The Morgan fingerprint density at radius 3 is 2.24 bits per heavy atom. The van der Waals surface area contributed by atoms with Gasteiger partial charge in [0.15, 0.2) is 0 Å². The quantitative estimate of drug-likeness (QED) is 0.355. The van der Waals surface area contributed by atoms with Gasteiger partial charge in [-0.2, -0.15) is 18.2 Å². The van der Waals surface area contributed by atoms with E-state index in [-0.39, 0.29) is 17.7 Å². The summed E-state index contributed by atoms with van der Waals surface area (Å²) in [6, 6.07) is 14.5. The molecule has 0 atom stereocenters. The summed E-state index contributed by atoms with van der Waals surface area (Å²) in [6.45, 7) is 8.71. The van der Waals surface area contributed by atoms with E-state index in [1.54, 1.807) is 24.3 Å². The van der Waals surface area contributed by atoms with Crippen LogP contribution in [0.15, 0.2) is 54.7 Å². The lowest BCUT2D eigenvalue weighted by atomic mass is 10.0. The first-order valence-corrected chi connectivity index (χ1v) is 10.9. The third kappa shape index (κ3) is 7.10. The first-order chi connectivity index (χ1) is 15.6. The Hall–Kier alpha value is -3.29. The van der Waals surface area contributed by atoms with Crippen LogP contribution in [0.25, 0.3) is 0 Å². The van der Waals surface area contributed by atoms with E-state index in [4.69, 9.17) is 4.74 Å². The third-order valence-electron chi connectivity index (χ3n) is 4.66. The van der Waals surface area contributed by atoms with Gasteiger partial charge in [-0.15, -0.1) is 0 Å². The van der Waals surface area contributed by atoms with Crippen LogP contribution in [0.2, 0.25) is 0 Å². The molecule has 33 heavy (non-hydrogen) atoms. The number of ether oxygens (including phenoxy) is 1. The summed E-state index contributed by atoms with van der Waals surface area (Å²) < 4.78 is 46.7. The zero-order valence-corrected chi connectivity index (χ0v) is 19.2. The summed E-state index contributed by atoms with van der Waals surface area (Å²) in [5, 5.41) is 5.78. The highest BCUT2D eigenvalue weighted by atomic mass is 19.4. The molecule has 0 unspecified atom stereocenters. The van der Waals surface area contributed by atoms with E-state index in [0.29, 0.717) is 29.6 Å². The topological polar surface area (TPSA) is 59.1 Å². The lowest BCUT2D eigenvalue weighted by Gasteiger charge is -2.17. The zero-order chi connectivity index (χ0) is 24.0. The number of anilines is 4. The van der Waals surface area contributed by atoms with E-state index < -0.39 is 11.7 Å². The molecule has 2 aromatic carbocycles. The van der Waals surface area contributed by atoms with Crippen molar-refractivity contribution in [3.05, 3.63) is 65.9 Å². The molecule has 0 aliphatic rings. The Kier molecular flexibility index (Phi) is 7.79. The molecule has 5 nitrogen and oxygen atoms in total. The van der Waals surface area contributed by atoms with Crippen LogP contribution in [0.3, 0.4) is 0 Å². The molecule has 1 heterocycles. The molecule has 176 valence electrons. The highest BCUT2D eigenvalue weighted by molar-refractivity contribution is 5.67. The number of nitrogens with one attached hydrogen (secondary N) is 2. The van der Waals surface area contributed by atoms with Crippen molar-refractivity contribution in [2.45, 2.75) is 40.3 Å². The fraction of sp³-hybridized carbons (Fsp3) is 0.360. The Bertz CT molecular complexity index is 1050. The minimum absolute atomic E-state index is 0.0580. The first-order valence-electron chi connectivity index (χ1n) is 10.9. The zero-order valence-electron chi connectivity index (χ0n) is 19.2. The predicted molar refractivity (Wildman–Crippen MR) is 125 cm³/mol. The second kappa shape index (κ2) is 10.6. The number of rotatable bonds is 9. The summed E-state index contributed by atoms with van der Waals surface area (Å²) in [5.74, 6) is 0.960. The van der Waals surface area contributed by atoms with Gasteiger partial charge in [0.2, 0.25) is 5.95 Å². The number of halogens is 3. The Morgan fingerprint density at radius 1 is 0.909 bits per heavy atom. The molecular formula is C25H29F3N4O. The van der Waals surface area contributed by atoms with E-state index in [2.05, 4.69) is 34.4 Å². The summed E-state index contributed by atoms with van der Waals surface area (Å²) in [5.41, 5.74) is 1.31. The Labute approximate surface area is 192 Å². The van der Waals surface area contributed by atoms with Gasteiger partial charge in [0.1, 0.15) is 17.1 Å². The number of hydrogen-bond donors (Lipinski definition) is 2. The first kappa shape index (κ1) is 24.4. The van der Waals surface area contributed by atoms with Crippen molar-refractivity contribution in [3.63, 3.8) is 0 Å². The van der Waals surface area contributed by atoms with E-state index in [9.17, 15) is 13.2 Å². The normalized spacial score (nSPS) is 11.7. The maximum Gasteiger partial charge on any atom is 0.421 e. The standard InChI is InChI=1S/C25H29F3N4O/c1-16(2)13-18-9-11-19(12-10-18)30-24-29-14-20(25(26,27)28)23(32-24)31-21-7-5-6-8-22(21)33-15-17(3)4/h5-12,14,16-17H,13,15H2,1-4H3,(H2,29,30,31,32). The minimum atomic E-state index is -4.62. The smallest absolute Gasteiger partial charge is 0.421 e. The molecule has 2 N–H and O–H groups in total. The Morgan fingerprint density at radius 2 is 1.61 bits per heavy atom. The van der Waals surface area contributed by atoms with Gasteiger partial charge in [-0.05, 0) is 48.1 Å². The highest BCUT2D eigenvalue weighted by Crippen LogP contribution is 2.37. The van der Waals surface area contributed by atoms with Gasteiger partial charge in [-0.3, -0.25) is 0 Å². The molecule has 0 bridgehead atoms. The second-order valence-electron chi connectivity index (χ2n) is 8.70. The van der Waals surface area contributed by atoms with Crippen LogP contribution < -0.4 is 15.4 Å². The number of hydrogen-bond acceptors (Lipinski definition) is 5. The molecule has 1 aromatic heterocycles. The molecule has 0 saturated heterocycles. The largest absolute Gasteiger partial charge is 0.491 e. The SMILES string of the molecule is CC(C)COc1ccccc1Nc1nc(Nc2ccc(CC(C)C)cc2)ncc1C(F)(F)F. The van der Waals surface area contributed by atoms with E-state index in [1.807, 2.05) is 38.1 Å². The molecule has 8 heteroatoms. The number of benzene rings is 2. The maximum atomic E-state index is 13.6. The van der Waals surface area contributed by atoms with Crippen LogP contribution in [-0.4, -0.2) is 16.6 Å². The van der Waals surface area contributed by atoms with Gasteiger partial charge >= 0.3 is 6.18 Å². The van der Waals surface area contributed by atoms with Gasteiger partial charge in [0.25, 0.3) is 0 Å². The van der Waals surface area contributed by atoms with Gasteiger partial charge in [0.05, 0.1) is 12.3 Å². The fourth-order valence-electron chi connectivity index (χ4n) is 3.15. The van der Waals surface area contributed by atoms with Crippen molar-refractivity contribution >= 4 is 23.1 Å². The van der Waals surface area contributed by atoms with Crippen molar-refractivity contribution in [1.82, 2.24) is 9.97 Å². The van der Waals surface area contributed by atoms with E-state index in [1.165, 1.54) is 5.56 Å². The summed E-state index contributed by atoms with van der Waals surface area (Å²) in [6.07, 6.45) is -2.89. The predicted octanol–water partition coefficient (Wildman–Crippen LogP) is 7.22. The van der Waals surface area contributed by atoms with Crippen molar-refractivity contribution < 1.29 is 17.9 Å².